The first-order valence-corrected chi connectivity index (χ1v) is 8.84. The Kier molecular flexibility index (Phi) is 20.3. The number of carboxylic acid groups (broad SMARTS) is 2. The van der Waals surface area contributed by atoms with E-state index in [9.17, 15) is 28.2 Å². The average Bonchev–Trinajstić information content (AvgIpc) is 2.38. The smallest absolute Gasteiger partial charge is 0.550 e. The SMILES string of the molecule is CCCCCCCCS(=O)(=O)N[C@@H](CCC(=O)[O-])C(=O)[O-].[Na+].[Na+]. The minimum Gasteiger partial charge on any atom is -0.550 e. The van der Waals surface area contributed by atoms with Crippen molar-refractivity contribution in [3.63, 3.8) is 0 Å². The number of sulfonamides is 1. The van der Waals surface area contributed by atoms with Crippen molar-refractivity contribution in [2.24, 2.45) is 0 Å². The standard InChI is InChI=1S/C13H25NO6S.2Na/c1-2-3-4-5-6-7-10-21(19,20)14-11(13(17)18)8-9-12(15)16;;/h11,14H,2-10H2,1H3,(H,15,16)(H,17,18);;/q;2*+1/p-2/t11-;;/m0../s1. The van der Waals surface area contributed by atoms with Gasteiger partial charge in [0.25, 0.3) is 0 Å². The first-order chi connectivity index (χ1) is 9.78. The third-order valence-corrected chi connectivity index (χ3v) is 4.48. The molecule has 0 radical (unpaired) electrons. The number of carboxylic acids is 2. The summed E-state index contributed by atoms with van der Waals surface area (Å²) in [6.45, 7) is 2.08. The molecular formula is C13H23NNa2O6S. The number of hydrogen-bond acceptors (Lipinski definition) is 6. The van der Waals surface area contributed by atoms with Crippen LogP contribution in [0.5, 0.6) is 0 Å². The molecule has 0 heterocycles. The van der Waals surface area contributed by atoms with Gasteiger partial charge in [-0.15, -0.1) is 0 Å². The largest absolute Gasteiger partial charge is 1.00 e. The molecular weight excluding hydrogens is 344 g/mol. The van der Waals surface area contributed by atoms with Crippen LogP contribution in [0.2, 0.25) is 0 Å². The molecule has 0 aromatic rings. The van der Waals surface area contributed by atoms with Gasteiger partial charge in [-0.05, 0) is 19.3 Å². The van der Waals surface area contributed by atoms with Crippen molar-refractivity contribution < 1.29 is 87.3 Å². The van der Waals surface area contributed by atoms with Gasteiger partial charge in [0.2, 0.25) is 10.0 Å². The van der Waals surface area contributed by atoms with Crippen LogP contribution in [0.3, 0.4) is 0 Å². The van der Waals surface area contributed by atoms with E-state index >= 15 is 0 Å². The summed E-state index contributed by atoms with van der Waals surface area (Å²) in [7, 11) is -3.75. The topological polar surface area (TPSA) is 126 Å². The summed E-state index contributed by atoms with van der Waals surface area (Å²) in [4.78, 5) is 21.1. The molecule has 0 aliphatic rings. The van der Waals surface area contributed by atoms with Gasteiger partial charge in [-0.25, -0.2) is 13.1 Å². The van der Waals surface area contributed by atoms with Crippen molar-refractivity contribution in [2.75, 3.05) is 5.75 Å². The number of carbonyl (C=O) groups excluding carboxylic acids is 2. The zero-order valence-corrected chi connectivity index (χ0v) is 19.1. The zero-order chi connectivity index (χ0) is 16.3. The third kappa shape index (κ3) is 17.5. The summed E-state index contributed by atoms with van der Waals surface area (Å²) >= 11 is 0. The Bertz CT molecular complexity index is 430. The van der Waals surface area contributed by atoms with Gasteiger partial charge in [0.05, 0.1) is 17.8 Å². The minimum absolute atomic E-state index is 0. The molecule has 124 valence electrons. The second-order valence-electron chi connectivity index (χ2n) is 4.99. The number of unbranched alkanes of at least 4 members (excludes halogenated alkanes) is 5. The Balaban J connectivity index is -0.00000200. The van der Waals surface area contributed by atoms with E-state index < -0.39 is 34.4 Å². The van der Waals surface area contributed by atoms with E-state index in [0.717, 1.165) is 32.1 Å². The second kappa shape index (κ2) is 16.3. The van der Waals surface area contributed by atoms with Crippen LogP contribution in [0.4, 0.5) is 0 Å². The molecule has 0 unspecified atom stereocenters. The van der Waals surface area contributed by atoms with Gasteiger partial charge in [-0.2, -0.15) is 0 Å². The van der Waals surface area contributed by atoms with Gasteiger partial charge in [0.15, 0.2) is 0 Å². The van der Waals surface area contributed by atoms with Crippen molar-refractivity contribution in [2.45, 2.75) is 64.3 Å². The number of hydrogen-bond donors (Lipinski definition) is 1. The summed E-state index contributed by atoms with van der Waals surface area (Å²) in [6, 6.07) is -1.53. The van der Waals surface area contributed by atoms with Gasteiger partial charge in [0.1, 0.15) is 0 Å². The molecule has 0 aromatic carbocycles. The molecule has 0 amide bonds. The molecule has 0 spiro atoms. The summed E-state index contributed by atoms with van der Waals surface area (Å²) in [5, 5.41) is 21.1. The van der Waals surface area contributed by atoms with Crippen LogP contribution in [-0.4, -0.2) is 32.2 Å². The van der Waals surface area contributed by atoms with Crippen LogP contribution in [0.25, 0.3) is 0 Å². The van der Waals surface area contributed by atoms with Gasteiger partial charge >= 0.3 is 59.1 Å². The molecule has 0 rings (SSSR count). The fourth-order valence-electron chi connectivity index (χ4n) is 1.84. The Morgan fingerprint density at radius 2 is 1.52 bits per heavy atom. The average molecular weight is 367 g/mol. The van der Waals surface area contributed by atoms with E-state index in [-0.39, 0.29) is 71.3 Å². The molecule has 0 aliphatic carbocycles. The Labute approximate surface area is 182 Å². The first kappa shape index (κ1) is 28.6. The summed E-state index contributed by atoms with van der Waals surface area (Å²) in [5.41, 5.74) is 0. The van der Waals surface area contributed by atoms with Crippen molar-refractivity contribution >= 4 is 22.0 Å². The van der Waals surface area contributed by atoms with Crippen LogP contribution in [0.15, 0.2) is 0 Å². The Morgan fingerprint density at radius 3 is 2.00 bits per heavy atom. The molecule has 7 nitrogen and oxygen atoms in total. The van der Waals surface area contributed by atoms with Crippen molar-refractivity contribution in [1.82, 2.24) is 4.72 Å². The maximum absolute atomic E-state index is 11.7. The Morgan fingerprint density at radius 1 is 1.00 bits per heavy atom. The maximum atomic E-state index is 11.7. The van der Waals surface area contributed by atoms with Crippen molar-refractivity contribution in [3.05, 3.63) is 0 Å². The first-order valence-electron chi connectivity index (χ1n) is 7.19. The molecule has 10 heteroatoms. The predicted octanol–water partition coefficient (Wildman–Crippen LogP) is -7.08. The van der Waals surface area contributed by atoms with Crippen LogP contribution in [0, 0.1) is 0 Å². The van der Waals surface area contributed by atoms with Crippen LogP contribution in [0.1, 0.15) is 58.3 Å². The molecule has 23 heavy (non-hydrogen) atoms. The summed E-state index contributed by atoms with van der Waals surface area (Å²) < 4.78 is 25.4. The molecule has 0 aromatic heterocycles. The fraction of sp³-hybridized carbons (Fsp3) is 0.846. The minimum atomic E-state index is -3.75. The normalized spacial score (nSPS) is 11.9. The van der Waals surface area contributed by atoms with E-state index in [1.54, 1.807) is 0 Å². The van der Waals surface area contributed by atoms with E-state index in [2.05, 4.69) is 6.92 Å². The van der Waals surface area contributed by atoms with E-state index in [1.807, 2.05) is 4.72 Å². The monoisotopic (exact) mass is 367 g/mol. The quantitative estimate of drug-likeness (QED) is 0.255. The fourth-order valence-corrected chi connectivity index (χ4v) is 3.18. The van der Waals surface area contributed by atoms with Gasteiger partial charge in [-0.3, -0.25) is 0 Å². The molecule has 0 saturated carbocycles. The summed E-state index contributed by atoms with van der Waals surface area (Å²) in [5.74, 6) is -3.24. The van der Waals surface area contributed by atoms with E-state index in [1.165, 1.54) is 0 Å². The molecule has 1 atom stereocenters. The molecule has 0 bridgehead atoms. The van der Waals surface area contributed by atoms with Gasteiger partial charge < -0.3 is 19.8 Å². The number of rotatable bonds is 13. The van der Waals surface area contributed by atoms with Gasteiger partial charge in [-0.1, -0.05) is 39.0 Å². The molecule has 1 N–H and O–H groups in total. The van der Waals surface area contributed by atoms with Crippen LogP contribution in [-0.2, 0) is 19.6 Å². The molecule has 0 fully saturated rings. The second-order valence-corrected chi connectivity index (χ2v) is 6.86. The molecule has 0 aliphatic heterocycles. The maximum Gasteiger partial charge on any atom is 1.00 e. The number of nitrogens with one attached hydrogen (secondary N) is 1. The Hall–Kier alpha value is 0.850. The van der Waals surface area contributed by atoms with E-state index in [4.69, 9.17) is 0 Å². The van der Waals surface area contributed by atoms with Gasteiger partial charge in [0, 0.05) is 5.97 Å². The summed E-state index contributed by atoms with van der Waals surface area (Å²) in [6.07, 6.45) is 4.48. The third-order valence-electron chi connectivity index (χ3n) is 3.01. The number of aliphatic carboxylic acids is 2. The van der Waals surface area contributed by atoms with E-state index in [0.29, 0.717) is 6.42 Å². The van der Waals surface area contributed by atoms with Crippen molar-refractivity contribution in [1.29, 1.82) is 0 Å². The predicted molar refractivity (Wildman–Crippen MR) is 73.3 cm³/mol. The van der Waals surface area contributed by atoms with Crippen molar-refractivity contribution in [3.8, 4) is 0 Å². The number of carbonyl (C=O) groups is 2. The zero-order valence-electron chi connectivity index (χ0n) is 14.3. The molecule has 0 saturated heterocycles. The van der Waals surface area contributed by atoms with Crippen LogP contribution >= 0.6 is 0 Å². The van der Waals surface area contributed by atoms with Crippen LogP contribution < -0.4 is 74.0 Å².